The van der Waals surface area contributed by atoms with Gasteiger partial charge in [0.05, 0.1) is 0 Å². The average molecular weight is 230 g/mol. The number of nitrogens with one attached hydrogen (secondary N) is 2. The minimum Gasteiger partial charge on any atom is -0.327 e. The van der Waals surface area contributed by atoms with Gasteiger partial charge in [-0.15, -0.1) is 0 Å². The molecule has 0 fully saturated rings. The van der Waals surface area contributed by atoms with Gasteiger partial charge in [0.1, 0.15) is 0 Å². The summed E-state index contributed by atoms with van der Waals surface area (Å²) in [6.45, 7) is 8.09. The normalized spacial score (nSPS) is 15.0. The van der Waals surface area contributed by atoms with Crippen molar-refractivity contribution in [3.63, 3.8) is 0 Å². The van der Waals surface area contributed by atoms with Crippen LogP contribution in [-0.4, -0.2) is 38.3 Å². The van der Waals surface area contributed by atoms with Crippen molar-refractivity contribution in [1.29, 1.82) is 0 Å². The Hall–Kier alpha value is -0.160. The monoisotopic (exact) mass is 230 g/mol. The van der Waals surface area contributed by atoms with Crippen molar-refractivity contribution in [3.05, 3.63) is 0 Å². The van der Waals surface area contributed by atoms with E-state index in [-0.39, 0.29) is 12.1 Å². The molecule has 0 rings (SSSR count). The van der Waals surface area contributed by atoms with Crippen LogP contribution >= 0.6 is 0 Å². The molecule has 0 saturated heterocycles. The van der Waals surface area contributed by atoms with E-state index in [0.29, 0.717) is 0 Å². The smallest absolute Gasteiger partial charge is 0.0136 e. The van der Waals surface area contributed by atoms with E-state index in [2.05, 4.69) is 10.6 Å². The van der Waals surface area contributed by atoms with Crippen LogP contribution in [0.15, 0.2) is 0 Å². The van der Waals surface area contributed by atoms with E-state index in [9.17, 15) is 0 Å². The van der Waals surface area contributed by atoms with Gasteiger partial charge in [0.25, 0.3) is 0 Å². The van der Waals surface area contributed by atoms with Crippen LogP contribution in [0.1, 0.15) is 39.5 Å². The second-order valence-corrected chi connectivity index (χ2v) is 4.78. The molecule has 0 amide bonds. The third-order valence-corrected chi connectivity index (χ3v) is 2.39. The van der Waals surface area contributed by atoms with Crippen molar-refractivity contribution >= 4 is 0 Å². The molecule has 4 nitrogen and oxygen atoms in total. The van der Waals surface area contributed by atoms with Crippen molar-refractivity contribution in [3.8, 4) is 0 Å². The van der Waals surface area contributed by atoms with E-state index >= 15 is 0 Å². The SMILES string of the molecule is CC(N)CNCCCCCCNCC(C)N. The molecule has 0 heterocycles. The van der Waals surface area contributed by atoms with E-state index in [1.807, 2.05) is 13.8 Å². The Morgan fingerprint density at radius 1 is 0.750 bits per heavy atom. The third kappa shape index (κ3) is 13.8. The Labute approximate surface area is 101 Å². The topological polar surface area (TPSA) is 76.1 Å². The fourth-order valence-electron chi connectivity index (χ4n) is 1.51. The first-order valence-electron chi connectivity index (χ1n) is 6.55. The lowest BCUT2D eigenvalue weighted by Crippen LogP contribution is -2.31. The van der Waals surface area contributed by atoms with Crippen molar-refractivity contribution < 1.29 is 0 Å². The maximum atomic E-state index is 5.63. The summed E-state index contributed by atoms with van der Waals surface area (Å²) in [5, 5.41) is 6.69. The van der Waals surface area contributed by atoms with Crippen LogP contribution in [0.4, 0.5) is 0 Å². The highest BCUT2D eigenvalue weighted by molar-refractivity contribution is 4.59. The molecular weight excluding hydrogens is 200 g/mol. The van der Waals surface area contributed by atoms with E-state index in [4.69, 9.17) is 11.5 Å². The highest BCUT2D eigenvalue weighted by Crippen LogP contribution is 1.97. The molecule has 0 radical (unpaired) electrons. The van der Waals surface area contributed by atoms with Gasteiger partial charge in [0.2, 0.25) is 0 Å². The number of unbranched alkanes of at least 4 members (excludes halogenated alkanes) is 3. The maximum Gasteiger partial charge on any atom is 0.0136 e. The van der Waals surface area contributed by atoms with Gasteiger partial charge in [-0.1, -0.05) is 12.8 Å². The fraction of sp³-hybridized carbons (Fsp3) is 1.00. The van der Waals surface area contributed by atoms with Gasteiger partial charge in [0, 0.05) is 25.2 Å². The average Bonchev–Trinajstić information content (AvgIpc) is 2.20. The first-order valence-corrected chi connectivity index (χ1v) is 6.55. The molecule has 0 aliphatic carbocycles. The zero-order chi connectivity index (χ0) is 12.2. The van der Waals surface area contributed by atoms with Crippen molar-refractivity contribution in [2.75, 3.05) is 26.2 Å². The van der Waals surface area contributed by atoms with E-state index < -0.39 is 0 Å². The van der Waals surface area contributed by atoms with Crippen molar-refractivity contribution in [1.82, 2.24) is 10.6 Å². The summed E-state index contributed by atoms with van der Waals surface area (Å²) in [5.41, 5.74) is 11.3. The molecule has 0 saturated carbocycles. The van der Waals surface area contributed by atoms with Crippen LogP contribution in [0.25, 0.3) is 0 Å². The zero-order valence-electron chi connectivity index (χ0n) is 11.0. The number of nitrogens with two attached hydrogens (primary N) is 2. The molecular formula is C12H30N4. The minimum atomic E-state index is 0.266. The predicted octanol–water partition coefficient (Wildman–Crippen LogP) is 0.420. The molecule has 0 bridgehead atoms. The molecule has 2 unspecified atom stereocenters. The summed E-state index contributed by atoms with van der Waals surface area (Å²) in [6, 6.07) is 0.532. The molecule has 0 aromatic rings. The molecule has 2 atom stereocenters. The summed E-state index contributed by atoms with van der Waals surface area (Å²) in [5.74, 6) is 0. The fourth-order valence-corrected chi connectivity index (χ4v) is 1.51. The molecule has 0 aliphatic rings. The van der Waals surface area contributed by atoms with Gasteiger partial charge in [-0.25, -0.2) is 0 Å². The second kappa shape index (κ2) is 11.3. The van der Waals surface area contributed by atoms with Gasteiger partial charge in [-0.3, -0.25) is 0 Å². The first-order chi connectivity index (χ1) is 7.63. The van der Waals surface area contributed by atoms with Crippen LogP contribution in [-0.2, 0) is 0 Å². The second-order valence-electron chi connectivity index (χ2n) is 4.78. The molecule has 4 heteroatoms. The van der Waals surface area contributed by atoms with Crippen LogP contribution in [0, 0.1) is 0 Å². The standard InChI is InChI=1S/C12H30N4/c1-11(13)9-15-7-5-3-4-6-8-16-10-12(2)14/h11-12,15-16H,3-10,13-14H2,1-2H3. The number of hydrogen-bond acceptors (Lipinski definition) is 4. The van der Waals surface area contributed by atoms with Crippen LogP contribution in [0.3, 0.4) is 0 Å². The van der Waals surface area contributed by atoms with Gasteiger partial charge in [0.15, 0.2) is 0 Å². The molecule has 16 heavy (non-hydrogen) atoms. The number of hydrogen-bond donors (Lipinski definition) is 4. The summed E-state index contributed by atoms with van der Waals surface area (Å²) < 4.78 is 0. The van der Waals surface area contributed by atoms with Gasteiger partial charge >= 0.3 is 0 Å². The van der Waals surface area contributed by atoms with Gasteiger partial charge < -0.3 is 22.1 Å². The van der Waals surface area contributed by atoms with Crippen LogP contribution < -0.4 is 22.1 Å². The Morgan fingerprint density at radius 2 is 1.12 bits per heavy atom. The number of rotatable bonds is 11. The quantitative estimate of drug-likeness (QED) is 0.388. The summed E-state index contributed by atoms with van der Waals surface area (Å²) >= 11 is 0. The van der Waals surface area contributed by atoms with Crippen molar-refractivity contribution in [2.24, 2.45) is 11.5 Å². The molecule has 0 aromatic carbocycles. The summed E-state index contributed by atoms with van der Waals surface area (Å²) in [4.78, 5) is 0. The molecule has 98 valence electrons. The molecule has 6 N–H and O–H groups in total. The lowest BCUT2D eigenvalue weighted by atomic mass is 10.2. The van der Waals surface area contributed by atoms with Crippen LogP contribution in [0.5, 0.6) is 0 Å². The largest absolute Gasteiger partial charge is 0.327 e. The van der Waals surface area contributed by atoms with E-state index in [1.54, 1.807) is 0 Å². The lowest BCUT2D eigenvalue weighted by Gasteiger charge is -2.08. The van der Waals surface area contributed by atoms with Crippen molar-refractivity contribution in [2.45, 2.75) is 51.6 Å². The molecule has 0 aromatic heterocycles. The minimum absolute atomic E-state index is 0.266. The lowest BCUT2D eigenvalue weighted by molar-refractivity contribution is 0.538. The zero-order valence-corrected chi connectivity index (χ0v) is 11.0. The first kappa shape index (κ1) is 15.8. The third-order valence-electron chi connectivity index (χ3n) is 2.39. The van der Waals surface area contributed by atoms with E-state index in [0.717, 1.165) is 26.2 Å². The predicted molar refractivity (Wildman–Crippen MR) is 71.5 cm³/mol. The summed E-state index contributed by atoms with van der Waals surface area (Å²) in [6.07, 6.45) is 5.09. The molecule has 0 spiro atoms. The van der Waals surface area contributed by atoms with Gasteiger partial charge in [-0.05, 0) is 39.8 Å². The maximum absolute atomic E-state index is 5.63. The Balaban J connectivity index is 2.93. The Morgan fingerprint density at radius 3 is 1.44 bits per heavy atom. The van der Waals surface area contributed by atoms with Crippen LogP contribution in [0.2, 0.25) is 0 Å². The molecule has 0 aliphatic heterocycles. The highest BCUT2D eigenvalue weighted by Gasteiger charge is 1.94. The van der Waals surface area contributed by atoms with Gasteiger partial charge in [-0.2, -0.15) is 0 Å². The Bertz CT molecular complexity index is 121. The highest BCUT2D eigenvalue weighted by atomic mass is 14.9. The Kier molecular flexibility index (Phi) is 11.2. The van der Waals surface area contributed by atoms with E-state index in [1.165, 1.54) is 25.7 Å². The summed E-state index contributed by atoms with van der Waals surface area (Å²) in [7, 11) is 0.